The van der Waals surface area contributed by atoms with E-state index in [1.165, 1.54) is 0 Å². The molecule has 1 aromatic heterocycles. The minimum Gasteiger partial charge on any atom is -0.496 e. The highest BCUT2D eigenvalue weighted by Crippen LogP contribution is 2.16. The van der Waals surface area contributed by atoms with Crippen LogP contribution in [0.1, 0.15) is 17.3 Å². The first kappa shape index (κ1) is 12.6. The van der Waals surface area contributed by atoms with Gasteiger partial charge >= 0.3 is 0 Å². The van der Waals surface area contributed by atoms with Crippen molar-refractivity contribution >= 4 is 0 Å². The van der Waals surface area contributed by atoms with Crippen LogP contribution < -0.4 is 10.1 Å². The molecule has 0 saturated carbocycles. The van der Waals surface area contributed by atoms with Crippen molar-refractivity contribution in [1.29, 1.82) is 0 Å². The number of benzene rings is 1. The Balaban J connectivity index is 1.78. The van der Waals surface area contributed by atoms with Gasteiger partial charge < -0.3 is 14.6 Å². The second-order valence-electron chi connectivity index (χ2n) is 3.97. The summed E-state index contributed by atoms with van der Waals surface area (Å²) in [6.45, 7) is 3.37. The van der Waals surface area contributed by atoms with Crippen molar-refractivity contribution in [3.8, 4) is 5.75 Å². The molecule has 1 N–H and O–H groups in total. The zero-order valence-corrected chi connectivity index (χ0v) is 10.6. The third-order valence-electron chi connectivity index (χ3n) is 2.59. The van der Waals surface area contributed by atoms with E-state index in [9.17, 15) is 0 Å². The van der Waals surface area contributed by atoms with E-state index in [1.54, 1.807) is 7.11 Å². The van der Waals surface area contributed by atoms with Crippen LogP contribution in [0, 0.1) is 6.92 Å². The quantitative estimate of drug-likeness (QED) is 0.787. The van der Waals surface area contributed by atoms with Gasteiger partial charge in [0, 0.05) is 25.1 Å². The molecule has 0 atom stereocenters. The summed E-state index contributed by atoms with van der Waals surface area (Å²) >= 11 is 0. The summed E-state index contributed by atoms with van der Waals surface area (Å²) in [7, 11) is 1.68. The lowest BCUT2D eigenvalue weighted by Gasteiger charge is -2.08. The monoisotopic (exact) mass is 247 g/mol. The van der Waals surface area contributed by atoms with Crippen LogP contribution in [0.25, 0.3) is 0 Å². The summed E-state index contributed by atoms with van der Waals surface area (Å²) in [6, 6.07) is 7.96. The van der Waals surface area contributed by atoms with Crippen molar-refractivity contribution in [3.63, 3.8) is 0 Å². The van der Waals surface area contributed by atoms with Crippen LogP contribution in [0.2, 0.25) is 0 Å². The van der Waals surface area contributed by atoms with E-state index in [2.05, 4.69) is 15.5 Å². The van der Waals surface area contributed by atoms with Crippen LogP contribution in [0.5, 0.6) is 5.75 Å². The maximum atomic E-state index is 5.28. The van der Waals surface area contributed by atoms with E-state index in [4.69, 9.17) is 9.26 Å². The zero-order chi connectivity index (χ0) is 12.8. The van der Waals surface area contributed by atoms with Gasteiger partial charge in [0.2, 0.25) is 5.89 Å². The van der Waals surface area contributed by atoms with E-state index in [-0.39, 0.29) is 0 Å². The lowest BCUT2D eigenvalue weighted by Crippen LogP contribution is -2.17. The smallest absolute Gasteiger partial charge is 0.227 e. The lowest BCUT2D eigenvalue weighted by molar-refractivity contribution is 0.371. The van der Waals surface area contributed by atoms with Crippen LogP contribution >= 0.6 is 0 Å². The number of aromatic nitrogens is 2. The van der Waals surface area contributed by atoms with Crippen molar-refractivity contribution in [2.24, 2.45) is 0 Å². The molecule has 0 amide bonds. The molecule has 0 aliphatic carbocycles. The third-order valence-corrected chi connectivity index (χ3v) is 2.59. The van der Waals surface area contributed by atoms with Gasteiger partial charge in [0.25, 0.3) is 0 Å². The van der Waals surface area contributed by atoms with Gasteiger partial charge in [-0.3, -0.25) is 0 Å². The van der Waals surface area contributed by atoms with E-state index in [1.807, 2.05) is 31.2 Å². The number of rotatable bonds is 6. The highest BCUT2D eigenvalue weighted by Gasteiger charge is 2.03. The van der Waals surface area contributed by atoms with Crippen molar-refractivity contribution in [1.82, 2.24) is 15.5 Å². The maximum Gasteiger partial charge on any atom is 0.227 e. The molecule has 1 aromatic carbocycles. The Hall–Kier alpha value is -1.88. The molecule has 1 heterocycles. The number of nitrogens with zero attached hydrogens (tertiary/aromatic N) is 2. The topological polar surface area (TPSA) is 60.2 Å². The highest BCUT2D eigenvalue weighted by molar-refractivity contribution is 5.32. The fourth-order valence-corrected chi connectivity index (χ4v) is 1.71. The molecule has 0 aliphatic rings. The largest absolute Gasteiger partial charge is 0.496 e. The molecule has 0 radical (unpaired) electrons. The average molecular weight is 247 g/mol. The van der Waals surface area contributed by atoms with Crippen LogP contribution in [0.4, 0.5) is 0 Å². The van der Waals surface area contributed by atoms with Gasteiger partial charge in [-0.1, -0.05) is 23.4 Å². The van der Waals surface area contributed by atoms with E-state index in [0.29, 0.717) is 11.7 Å². The van der Waals surface area contributed by atoms with Gasteiger partial charge in [0.1, 0.15) is 5.75 Å². The maximum absolute atomic E-state index is 5.28. The summed E-state index contributed by atoms with van der Waals surface area (Å²) in [5.41, 5.74) is 1.14. The second kappa shape index (κ2) is 6.16. The Bertz CT molecular complexity index is 496. The summed E-state index contributed by atoms with van der Waals surface area (Å²) in [5.74, 6) is 2.24. The number of aryl methyl sites for hydroxylation is 1. The fourth-order valence-electron chi connectivity index (χ4n) is 1.71. The molecule has 96 valence electrons. The van der Waals surface area contributed by atoms with Gasteiger partial charge in [-0.15, -0.1) is 0 Å². The Kier molecular flexibility index (Phi) is 4.30. The predicted molar refractivity (Wildman–Crippen MR) is 67.4 cm³/mol. The van der Waals surface area contributed by atoms with Crippen molar-refractivity contribution < 1.29 is 9.26 Å². The number of hydrogen-bond donors (Lipinski definition) is 1. The molecule has 0 unspecified atom stereocenters. The lowest BCUT2D eigenvalue weighted by atomic mass is 10.2. The summed E-state index contributed by atoms with van der Waals surface area (Å²) in [4.78, 5) is 4.15. The minimum atomic E-state index is 0.667. The molecule has 0 fully saturated rings. The normalized spacial score (nSPS) is 10.6. The summed E-state index contributed by atoms with van der Waals surface area (Å²) < 4.78 is 10.3. The van der Waals surface area contributed by atoms with E-state index < -0.39 is 0 Å². The van der Waals surface area contributed by atoms with Crippen molar-refractivity contribution in [2.75, 3.05) is 13.7 Å². The Morgan fingerprint density at radius 2 is 2.17 bits per heavy atom. The van der Waals surface area contributed by atoms with Crippen molar-refractivity contribution in [3.05, 3.63) is 41.5 Å². The van der Waals surface area contributed by atoms with Crippen LogP contribution in [0.15, 0.2) is 28.8 Å². The molecule has 0 bridgehead atoms. The average Bonchev–Trinajstić information content (AvgIpc) is 2.81. The van der Waals surface area contributed by atoms with E-state index in [0.717, 1.165) is 30.8 Å². The fraction of sp³-hybridized carbons (Fsp3) is 0.385. The number of hydrogen-bond acceptors (Lipinski definition) is 5. The first-order valence-electron chi connectivity index (χ1n) is 5.91. The first-order chi connectivity index (χ1) is 8.79. The second-order valence-corrected chi connectivity index (χ2v) is 3.97. The summed E-state index contributed by atoms with van der Waals surface area (Å²) in [6.07, 6.45) is 0.732. The van der Waals surface area contributed by atoms with Crippen LogP contribution in [-0.2, 0) is 13.0 Å². The summed E-state index contributed by atoms with van der Waals surface area (Å²) in [5, 5.41) is 7.07. The van der Waals surface area contributed by atoms with Crippen LogP contribution in [-0.4, -0.2) is 23.8 Å². The molecule has 5 heteroatoms. The van der Waals surface area contributed by atoms with Gasteiger partial charge in [0.15, 0.2) is 5.82 Å². The molecule has 0 aliphatic heterocycles. The molecule has 5 nitrogen and oxygen atoms in total. The predicted octanol–water partition coefficient (Wildman–Crippen LogP) is 1.72. The van der Waals surface area contributed by atoms with Crippen molar-refractivity contribution in [2.45, 2.75) is 19.9 Å². The minimum absolute atomic E-state index is 0.667. The number of ether oxygens (including phenoxy) is 1. The molecule has 0 spiro atoms. The Morgan fingerprint density at radius 3 is 2.89 bits per heavy atom. The SMILES string of the molecule is COc1ccccc1CNCCc1nc(C)no1. The Labute approximate surface area is 106 Å². The molecular formula is C13H17N3O2. The number of methoxy groups -OCH3 is 1. The van der Waals surface area contributed by atoms with Gasteiger partial charge in [-0.05, 0) is 13.0 Å². The molecular weight excluding hydrogens is 230 g/mol. The zero-order valence-electron chi connectivity index (χ0n) is 10.6. The van der Waals surface area contributed by atoms with E-state index >= 15 is 0 Å². The standard InChI is InChI=1S/C13H17N3O2/c1-10-15-13(18-16-10)7-8-14-9-11-5-3-4-6-12(11)17-2/h3-6,14H,7-9H2,1-2H3. The highest BCUT2D eigenvalue weighted by atomic mass is 16.5. The first-order valence-corrected chi connectivity index (χ1v) is 5.91. The van der Waals surface area contributed by atoms with Crippen LogP contribution in [0.3, 0.4) is 0 Å². The Morgan fingerprint density at radius 1 is 1.33 bits per heavy atom. The molecule has 18 heavy (non-hydrogen) atoms. The molecule has 2 aromatic rings. The van der Waals surface area contributed by atoms with Gasteiger partial charge in [-0.25, -0.2) is 0 Å². The number of nitrogens with one attached hydrogen (secondary N) is 1. The third kappa shape index (κ3) is 3.30. The number of para-hydroxylation sites is 1. The van der Waals surface area contributed by atoms with Gasteiger partial charge in [-0.2, -0.15) is 4.98 Å². The molecule has 0 saturated heterocycles. The van der Waals surface area contributed by atoms with Gasteiger partial charge in [0.05, 0.1) is 7.11 Å². The molecule has 2 rings (SSSR count).